The van der Waals surface area contributed by atoms with Crippen LogP contribution in [-0.2, 0) is 0 Å². The van der Waals surface area contributed by atoms with Crippen LogP contribution in [0.3, 0.4) is 0 Å². The molecule has 0 saturated carbocycles. The van der Waals surface area contributed by atoms with Gasteiger partial charge in [-0.25, -0.2) is 0 Å². The van der Waals surface area contributed by atoms with E-state index in [2.05, 4.69) is 5.32 Å². The highest BCUT2D eigenvalue weighted by Crippen LogP contribution is 2.06. The first kappa shape index (κ1) is 13.7. The molecule has 0 atom stereocenters. The molecule has 0 spiro atoms. The maximum absolute atomic E-state index is 11.8. The molecule has 0 aliphatic carbocycles. The molecule has 0 heterocycles. The van der Waals surface area contributed by atoms with E-state index in [1.807, 2.05) is 31.2 Å². The molecule has 0 unspecified atom stereocenters. The van der Waals surface area contributed by atoms with Gasteiger partial charge < -0.3 is 10.4 Å². The largest absolute Gasteiger partial charge is 0.396 e. The highest BCUT2D eigenvalue weighted by molar-refractivity contribution is 5.95. The molecule has 1 rings (SSSR count). The van der Waals surface area contributed by atoms with Gasteiger partial charge >= 0.3 is 0 Å². The van der Waals surface area contributed by atoms with E-state index < -0.39 is 0 Å². The monoisotopic (exact) mass is 235 g/mol. The Morgan fingerprint density at radius 2 is 1.88 bits per heavy atom. The lowest BCUT2D eigenvalue weighted by Crippen LogP contribution is -2.25. The first-order chi connectivity index (χ1) is 8.25. The SMILES string of the molecule is Cc1ccccc1C(=O)NCCCCCCO. The number of benzene rings is 1. The number of aliphatic hydroxyl groups is 1. The van der Waals surface area contributed by atoms with Crippen LogP contribution >= 0.6 is 0 Å². The number of amides is 1. The minimum atomic E-state index is 0.00487. The van der Waals surface area contributed by atoms with Crippen LogP contribution in [0.2, 0.25) is 0 Å². The zero-order valence-corrected chi connectivity index (χ0v) is 10.4. The second-order valence-electron chi connectivity index (χ2n) is 4.21. The molecule has 0 saturated heterocycles. The zero-order valence-electron chi connectivity index (χ0n) is 10.4. The smallest absolute Gasteiger partial charge is 0.251 e. The van der Waals surface area contributed by atoms with Crippen molar-refractivity contribution in [1.82, 2.24) is 5.32 Å². The van der Waals surface area contributed by atoms with Crippen LogP contribution in [-0.4, -0.2) is 24.2 Å². The van der Waals surface area contributed by atoms with Crippen molar-refractivity contribution in [2.45, 2.75) is 32.6 Å². The molecular weight excluding hydrogens is 214 g/mol. The van der Waals surface area contributed by atoms with Gasteiger partial charge in [0, 0.05) is 18.7 Å². The van der Waals surface area contributed by atoms with Crippen LogP contribution in [0.25, 0.3) is 0 Å². The molecular formula is C14H21NO2. The van der Waals surface area contributed by atoms with Gasteiger partial charge in [0.2, 0.25) is 0 Å². The first-order valence-corrected chi connectivity index (χ1v) is 6.20. The van der Waals surface area contributed by atoms with Gasteiger partial charge in [-0.05, 0) is 31.4 Å². The quantitative estimate of drug-likeness (QED) is 0.712. The maximum atomic E-state index is 11.8. The van der Waals surface area contributed by atoms with Gasteiger partial charge in [0.1, 0.15) is 0 Å². The Hall–Kier alpha value is -1.35. The average molecular weight is 235 g/mol. The number of aryl methyl sites for hydroxylation is 1. The lowest BCUT2D eigenvalue weighted by molar-refractivity contribution is 0.0952. The Morgan fingerprint density at radius 3 is 2.59 bits per heavy atom. The second-order valence-corrected chi connectivity index (χ2v) is 4.21. The lowest BCUT2D eigenvalue weighted by Gasteiger charge is -2.07. The van der Waals surface area contributed by atoms with Crippen LogP contribution in [0.4, 0.5) is 0 Å². The number of nitrogens with one attached hydrogen (secondary N) is 1. The van der Waals surface area contributed by atoms with Crippen LogP contribution in [0.1, 0.15) is 41.6 Å². The number of hydrogen-bond acceptors (Lipinski definition) is 2. The van der Waals surface area contributed by atoms with Crippen LogP contribution in [0.5, 0.6) is 0 Å². The van der Waals surface area contributed by atoms with E-state index in [0.717, 1.165) is 36.8 Å². The molecule has 0 aliphatic heterocycles. The van der Waals surface area contributed by atoms with Crippen LogP contribution in [0, 0.1) is 6.92 Å². The number of carbonyl (C=O) groups excluding carboxylic acids is 1. The average Bonchev–Trinajstić information content (AvgIpc) is 2.34. The number of unbranched alkanes of at least 4 members (excludes halogenated alkanes) is 3. The van der Waals surface area contributed by atoms with Crippen molar-refractivity contribution in [3.8, 4) is 0 Å². The van der Waals surface area contributed by atoms with E-state index in [1.54, 1.807) is 0 Å². The topological polar surface area (TPSA) is 49.3 Å². The lowest BCUT2D eigenvalue weighted by atomic mass is 10.1. The highest BCUT2D eigenvalue weighted by Gasteiger charge is 2.06. The highest BCUT2D eigenvalue weighted by atomic mass is 16.2. The van der Waals surface area contributed by atoms with Crippen molar-refractivity contribution in [2.24, 2.45) is 0 Å². The molecule has 1 aromatic rings. The number of rotatable bonds is 7. The van der Waals surface area contributed by atoms with E-state index in [4.69, 9.17) is 5.11 Å². The van der Waals surface area contributed by atoms with E-state index in [9.17, 15) is 4.79 Å². The van der Waals surface area contributed by atoms with Crippen molar-refractivity contribution < 1.29 is 9.90 Å². The summed E-state index contributed by atoms with van der Waals surface area (Å²) in [6, 6.07) is 7.59. The van der Waals surface area contributed by atoms with Crippen molar-refractivity contribution in [2.75, 3.05) is 13.2 Å². The summed E-state index contributed by atoms with van der Waals surface area (Å²) < 4.78 is 0. The van der Waals surface area contributed by atoms with Crippen LogP contribution in [0.15, 0.2) is 24.3 Å². The molecule has 3 heteroatoms. The zero-order chi connectivity index (χ0) is 12.5. The summed E-state index contributed by atoms with van der Waals surface area (Å²) in [6.07, 6.45) is 3.90. The van der Waals surface area contributed by atoms with E-state index in [-0.39, 0.29) is 12.5 Å². The van der Waals surface area contributed by atoms with Crippen molar-refractivity contribution >= 4 is 5.91 Å². The fourth-order valence-electron chi connectivity index (χ4n) is 1.72. The number of carbonyl (C=O) groups is 1. The Kier molecular flexibility index (Phi) is 6.33. The normalized spacial score (nSPS) is 10.2. The Labute approximate surface area is 103 Å². The fourth-order valence-corrected chi connectivity index (χ4v) is 1.72. The minimum Gasteiger partial charge on any atom is -0.396 e. The molecule has 1 aromatic carbocycles. The molecule has 2 N–H and O–H groups in total. The standard InChI is InChI=1S/C14H21NO2/c1-12-8-4-5-9-13(12)14(17)15-10-6-2-3-7-11-16/h4-5,8-9,16H,2-3,6-7,10-11H2,1H3,(H,15,17). The van der Waals surface area contributed by atoms with E-state index >= 15 is 0 Å². The molecule has 1 amide bonds. The van der Waals surface area contributed by atoms with Gasteiger partial charge in [-0.2, -0.15) is 0 Å². The summed E-state index contributed by atoms with van der Waals surface area (Å²) in [5, 5.41) is 11.5. The molecule has 0 aromatic heterocycles. The Morgan fingerprint density at radius 1 is 1.18 bits per heavy atom. The van der Waals surface area contributed by atoms with E-state index in [0.29, 0.717) is 6.54 Å². The van der Waals surface area contributed by atoms with Gasteiger partial charge in [0.25, 0.3) is 5.91 Å². The molecule has 3 nitrogen and oxygen atoms in total. The Bertz CT molecular complexity index is 350. The Balaban J connectivity index is 2.24. The predicted molar refractivity (Wildman–Crippen MR) is 69.1 cm³/mol. The van der Waals surface area contributed by atoms with Crippen molar-refractivity contribution in [3.05, 3.63) is 35.4 Å². The summed E-state index contributed by atoms with van der Waals surface area (Å²) in [5.74, 6) is 0.00487. The number of hydrogen-bond donors (Lipinski definition) is 2. The molecule has 0 fully saturated rings. The van der Waals surface area contributed by atoms with Crippen molar-refractivity contribution in [1.29, 1.82) is 0 Å². The summed E-state index contributed by atoms with van der Waals surface area (Å²) in [5.41, 5.74) is 1.76. The molecule has 0 bridgehead atoms. The summed E-state index contributed by atoms with van der Waals surface area (Å²) in [6.45, 7) is 2.91. The third kappa shape index (κ3) is 5.00. The molecule has 17 heavy (non-hydrogen) atoms. The summed E-state index contributed by atoms with van der Waals surface area (Å²) >= 11 is 0. The molecule has 94 valence electrons. The van der Waals surface area contributed by atoms with Crippen molar-refractivity contribution in [3.63, 3.8) is 0 Å². The minimum absolute atomic E-state index is 0.00487. The third-order valence-electron chi connectivity index (χ3n) is 2.76. The molecule has 0 aliphatic rings. The van der Waals surface area contributed by atoms with Gasteiger partial charge in [0.05, 0.1) is 0 Å². The molecule has 0 radical (unpaired) electrons. The van der Waals surface area contributed by atoms with Gasteiger partial charge in [-0.15, -0.1) is 0 Å². The third-order valence-corrected chi connectivity index (χ3v) is 2.76. The summed E-state index contributed by atoms with van der Waals surface area (Å²) in [7, 11) is 0. The van der Waals surface area contributed by atoms with Gasteiger partial charge in [0.15, 0.2) is 0 Å². The summed E-state index contributed by atoms with van der Waals surface area (Å²) in [4.78, 5) is 11.8. The van der Waals surface area contributed by atoms with E-state index in [1.165, 1.54) is 0 Å². The second kappa shape index (κ2) is 7.85. The van der Waals surface area contributed by atoms with Gasteiger partial charge in [-0.3, -0.25) is 4.79 Å². The maximum Gasteiger partial charge on any atom is 0.251 e. The fraction of sp³-hybridized carbons (Fsp3) is 0.500. The predicted octanol–water partition coefficient (Wildman–Crippen LogP) is 2.28. The first-order valence-electron chi connectivity index (χ1n) is 6.20. The van der Waals surface area contributed by atoms with Crippen LogP contribution < -0.4 is 5.32 Å². The number of aliphatic hydroxyl groups excluding tert-OH is 1. The van der Waals surface area contributed by atoms with Gasteiger partial charge in [-0.1, -0.05) is 31.0 Å².